The number of aliphatic hydroxyl groups is 1. The van der Waals surface area contributed by atoms with E-state index in [0.29, 0.717) is 25.2 Å². The van der Waals surface area contributed by atoms with Gasteiger partial charge in [-0.2, -0.15) is 0 Å². The van der Waals surface area contributed by atoms with Gasteiger partial charge in [0.1, 0.15) is 11.7 Å². The SMILES string of the molecule is CC=Cc1cnc2c(c1)C(=O)N([C@@H](C)CO)C[C@@H](C)[C@@H](CN(C)Cc1cccc(C(=O)O)c1)O2. The third kappa shape index (κ3) is 6.01. The first kappa shape index (κ1) is 25.4. The van der Waals surface area contributed by atoms with Crippen LogP contribution in [0.1, 0.15) is 52.6 Å². The standard InChI is InChI=1S/C26H33N3O5/c1-5-7-19-11-22-24(27-12-19)34-23(17(2)13-29(25(22)31)18(3)16-30)15-28(4)14-20-8-6-9-21(10-20)26(32)33/h5-12,17-18,23,30H,13-16H2,1-4H3,(H,32,33)/t17-,18+,23-/m1/s1. The fraction of sp³-hybridized carbons (Fsp3) is 0.423. The monoisotopic (exact) mass is 467 g/mol. The third-order valence-corrected chi connectivity index (χ3v) is 6.02. The lowest BCUT2D eigenvalue weighted by Gasteiger charge is -2.37. The van der Waals surface area contributed by atoms with Gasteiger partial charge < -0.3 is 19.8 Å². The van der Waals surface area contributed by atoms with Crippen LogP contribution in [0.4, 0.5) is 0 Å². The smallest absolute Gasteiger partial charge is 0.335 e. The highest BCUT2D eigenvalue weighted by atomic mass is 16.5. The Bertz CT molecular complexity index is 1050. The Hall–Kier alpha value is -3.23. The molecule has 8 nitrogen and oxygen atoms in total. The van der Waals surface area contributed by atoms with Crippen LogP contribution in [0, 0.1) is 5.92 Å². The maximum absolute atomic E-state index is 13.4. The van der Waals surface area contributed by atoms with Gasteiger partial charge in [-0.1, -0.05) is 31.2 Å². The number of fused-ring (bicyclic) bond motifs is 1. The Morgan fingerprint density at radius 2 is 2.15 bits per heavy atom. The number of amides is 1. The normalized spacial score (nSPS) is 19.5. The summed E-state index contributed by atoms with van der Waals surface area (Å²) in [5.74, 6) is -0.911. The summed E-state index contributed by atoms with van der Waals surface area (Å²) in [5, 5.41) is 19.0. The fourth-order valence-corrected chi connectivity index (χ4v) is 4.11. The molecular weight excluding hydrogens is 434 g/mol. The molecule has 1 aromatic carbocycles. The molecule has 0 fully saturated rings. The van der Waals surface area contributed by atoms with Gasteiger partial charge in [0, 0.05) is 31.7 Å². The predicted octanol–water partition coefficient (Wildman–Crippen LogP) is 3.17. The van der Waals surface area contributed by atoms with Crippen LogP contribution in [0.2, 0.25) is 0 Å². The van der Waals surface area contributed by atoms with Crippen LogP contribution in [0.3, 0.4) is 0 Å². The lowest BCUT2D eigenvalue weighted by molar-refractivity contribution is 0.0325. The van der Waals surface area contributed by atoms with E-state index >= 15 is 0 Å². The van der Waals surface area contributed by atoms with Crippen LogP contribution >= 0.6 is 0 Å². The number of aliphatic hydroxyl groups excluding tert-OH is 1. The molecule has 182 valence electrons. The molecule has 2 heterocycles. The van der Waals surface area contributed by atoms with Gasteiger partial charge in [0.25, 0.3) is 5.91 Å². The number of ether oxygens (including phenoxy) is 1. The summed E-state index contributed by atoms with van der Waals surface area (Å²) in [6.45, 7) is 7.13. The van der Waals surface area contributed by atoms with E-state index < -0.39 is 5.97 Å². The highest BCUT2D eigenvalue weighted by molar-refractivity contribution is 5.97. The number of rotatable bonds is 8. The number of carboxylic acids is 1. The second-order valence-corrected chi connectivity index (χ2v) is 8.95. The molecule has 34 heavy (non-hydrogen) atoms. The molecule has 0 saturated heterocycles. The van der Waals surface area contributed by atoms with E-state index in [0.717, 1.165) is 11.1 Å². The molecule has 3 atom stereocenters. The fourth-order valence-electron chi connectivity index (χ4n) is 4.11. The Morgan fingerprint density at radius 1 is 1.38 bits per heavy atom. The molecular formula is C26H33N3O5. The molecule has 2 N–H and O–H groups in total. The van der Waals surface area contributed by atoms with Crippen molar-refractivity contribution in [1.29, 1.82) is 0 Å². The van der Waals surface area contributed by atoms with Crippen LogP contribution in [-0.2, 0) is 6.54 Å². The van der Waals surface area contributed by atoms with E-state index in [1.165, 1.54) is 0 Å². The highest BCUT2D eigenvalue weighted by Crippen LogP contribution is 2.28. The van der Waals surface area contributed by atoms with Crippen molar-refractivity contribution < 1.29 is 24.5 Å². The molecule has 0 spiro atoms. The summed E-state index contributed by atoms with van der Waals surface area (Å²) in [4.78, 5) is 32.9. The van der Waals surface area contributed by atoms with Crippen molar-refractivity contribution in [2.75, 3.05) is 26.7 Å². The number of carbonyl (C=O) groups is 2. The lowest BCUT2D eigenvalue weighted by atomic mass is 9.99. The van der Waals surface area contributed by atoms with Crippen LogP contribution in [0.5, 0.6) is 5.88 Å². The zero-order valence-corrected chi connectivity index (χ0v) is 20.1. The molecule has 0 bridgehead atoms. The van der Waals surface area contributed by atoms with Crippen LogP contribution in [0.15, 0.2) is 42.6 Å². The van der Waals surface area contributed by atoms with Gasteiger partial charge in [0.05, 0.1) is 18.2 Å². The molecule has 1 aromatic heterocycles. The summed E-state index contributed by atoms with van der Waals surface area (Å²) in [7, 11) is 1.95. The molecule has 0 radical (unpaired) electrons. The van der Waals surface area contributed by atoms with E-state index in [1.54, 1.807) is 35.4 Å². The number of hydrogen-bond acceptors (Lipinski definition) is 6. The van der Waals surface area contributed by atoms with Gasteiger partial charge in [-0.15, -0.1) is 0 Å². The third-order valence-electron chi connectivity index (χ3n) is 6.02. The minimum absolute atomic E-state index is 0.0316. The second kappa shape index (κ2) is 11.3. The number of likely N-dealkylation sites (N-methyl/N-ethyl adjacent to an activating group) is 1. The average Bonchev–Trinajstić information content (AvgIpc) is 2.81. The molecule has 1 aliphatic heterocycles. The van der Waals surface area contributed by atoms with Crippen LogP contribution in [0.25, 0.3) is 6.08 Å². The molecule has 8 heteroatoms. The maximum Gasteiger partial charge on any atom is 0.335 e. The summed E-state index contributed by atoms with van der Waals surface area (Å²) in [6.07, 6.45) is 5.16. The summed E-state index contributed by atoms with van der Waals surface area (Å²) >= 11 is 0. The molecule has 3 rings (SSSR count). The first-order chi connectivity index (χ1) is 16.2. The van der Waals surface area contributed by atoms with Crippen molar-refractivity contribution in [2.45, 2.75) is 39.5 Å². The number of aromatic nitrogens is 1. The zero-order chi connectivity index (χ0) is 24.8. The number of aromatic carboxylic acids is 1. The van der Waals surface area contributed by atoms with Gasteiger partial charge in [-0.05, 0) is 50.2 Å². The number of benzene rings is 1. The Labute approximate surface area is 200 Å². The molecule has 0 saturated carbocycles. The summed E-state index contributed by atoms with van der Waals surface area (Å²) in [6, 6.07) is 8.31. The van der Waals surface area contributed by atoms with Crippen molar-refractivity contribution in [2.24, 2.45) is 5.92 Å². The largest absolute Gasteiger partial charge is 0.478 e. The van der Waals surface area contributed by atoms with Crippen LogP contribution in [-0.4, -0.2) is 75.8 Å². The van der Waals surface area contributed by atoms with E-state index in [4.69, 9.17) is 4.74 Å². The van der Waals surface area contributed by atoms with Crippen molar-refractivity contribution >= 4 is 18.0 Å². The van der Waals surface area contributed by atoms with E-state index in [-0.39, 0.29) is 42.0 Å². The topological polar surface area (TPSA) is 103 Å². The molecule has 1 amide bonds. The molecule has 1 aliphatic rings. The molecule has 2 aromatic rings. The summed E-state index contributed by atoms with van der Waals surface area (Å²) < 4.78 is 6.30. The van der Waals surface area contributed by atoms with Crippen LogP contribution < -0.4 is 4.74 Å². The second-order valence-electron chi connectivity index (χ2n) is 8.95. The van der Waals surface area contributed by atoms with Gasteiger partial charge in [-0.3, -0.25) is 9.69 Å². The minimum atomic E-state index is -0.954. The minimum Gasteiger partial charge on any atom is -0.478 e. The maximum atomic E-state index is 13.4. The van der Waals surface area contributed by atoms with Crippen molar-refractivity contribution in [3.05, 3.63) is 64.9 Å². The number of pyridine rings is 1. The van der Waals surface area contributed by atoms with E-state index in [1.807, 2.05) is 46.0 Å². The first-order valence-corrected chi connectivity index (χ1v) is 11.5. The highest BCUT2D eigenvalue weighted by Gasteiger charge is 2.34. The number of carboxylic acid groups (broad SMARTS) is 1. The van der Waals surface area contributed by atoms with E-state index in [2.05, 4.69) is 9.88 Å². The van der Waals surface area contributed by atoms with Gasteiger partial charge in [0.15, 0.2) is 0 Å². The molecule has 0 aliphatic carbocycles. The van der Waals surface area contributed by atoms with Gasteiger partial charge in [0.2, 0.25) is 5.88 Å². The van der Waals surface area contributed by atoms with Crippen molar-refractivity contribution in [3.8, 4) is 5.88 Å². The summed E-state index contributed by atoms with van der Waals surface area (Å²) in [5.41, 5.74) is 2.32. The predicted molar refractivity (Wildman–Crippen MR) is 130 cm³/mol. The molecule has 0 unspecified atom stereocenters. The van der Waals surface area contributed by atoms with Gasteiger partial charge >= 0.3 is 5.97 Å². The Kier molecular flexibility index (Phi) is 8.41. The zero-order valence-electron chi connectivity index (χ0n) is 20.1. The Balaban J connectivity index is 1.87. The lowest BCUT2D eigenvalue weighted by Crippen LogP contribution is -2.49. The quantitative estimate of drug-likeness (QED) is 0.615. The number of hydrogen-bond donors (Lipinski definition) is 2. The van der Waals surface area contributed by atoms with Gasteiger partial charge in [-0.25, -0.2) is 9.78 Å². The first-order valence-electron chi connectivity index (χ1n) is 11.5. The number of nitrogens with zero attached hydrogens (tertiary/aromatic N) is 3. The number of allylic oxidation sites excluding steroid dienone is 1. The van der Waals surface area contributed by atoms with E-state index in [9.17, 15) is 19.8 Å². The van der Waals surface area contributed by atoms with Crippen molar-refractivity contribution in [1.82, 2.24) is 14.8 Å². The van der Waals surface area contributed by atoms with Crippen molar-refractivity contribution in [3.63, 3.8) is 0 Å². The average molecular weight is 468 g/mol. The Morgan fingerprint density at radius 3 is 2.82 bits per heavy atom. The number of carbonyl (C=O) groups excluding carboxylic acids is 1.